The van der Waals surface area contributed by atoms with Crippen LogP contribution < -0.4 is 0 Å². The van der Waals surface area contributed by atoms with Gasteiger partial charge in [-0.05, 0) is 79.1 Å². The van der Waals surface area contributed by atoms with E-state index in [1.807, 2.05) is 19.1 Å². The highest BCUT2D eigenvalue weighted by molar-refractivity contribution is 6.02. The Morgan fingerprint density at radius 1 is 1.00 bits per heavy atom. The van der Waals surface area contributed by atoms with Gasteiger partial charge in [-0.25, -0.2) is 0 Å². The van der Waals surface area contributed by atoms with Crippen LogP contribution in [0.25, 0.3) is 0 Å². The van der Waals surface area contributed by atoms with E-state index in [4.69, 9.17) is 0 Å². The smallest absolute Gasteiger partial charge is 0.176 e. The minimum absolute atomic E-state index is 0.00952. The molecule has 3 saturated carbocycles. The molecule has 1 N–H and O–H groups in total. The molecule has 4 heteroatoms. The van der Waals surface area contributed by atoms with Crippen LogP contribution in [0.1, 0.15) is 86.5 Å². The van der Waals surface area contributed by atoms with Crippen molar-refractivity contribution in [2.75, 3.05) is 0 Å². The van der Waals surface area contributed by atoms with Gasteiger partial charge in [0.05, 0.1) is 11.2 Å². The van der Waals surface area contributed by atoms with E-state index in [0.29, 0.717) is 0 Å². The second kappa shape index (κ2) is 6.69. The molecule has 0 aromatic heterocycles. The zero-order valence-corrected chi connectivity index (χ0v) is 21.1. The van der Waals surface area contributed by atoms with Gasteiger partial charge in [-0.3, -0.25) is 9.59 Å². The van der Waals surface area contributed by atoms with Crippen LogP contribution in [0.15, 0.2) is 23.3 Å². The lowest BCUT2D eigenvalue weighted by molar-refractivity contribution is -0.194. The fourth-order valence-corrected chi connectivity index (χ4v) is 9.23. The number of hydrogen-bond donors (Lipinski definition) is 1. The summed E-state index contributed by atoms with van der Waals surface area (Å²) in [5.41, 5.74) is -0.130. The lowest BCUT2D eigenvalue weighted by atomic mass is 9.36. The quantitative estimate of drug-likeness (QED) is 0.525. The fourth-order valence-electron chi connectivity index (χ4n) is 9.23. The molecule has 0 spiro atoms. The summed E-state index contributed by atoms with van der Waals surface area (Å²) in [6, 6.07) is 2.14. The third-order valence-electron chi connectivity index (χ3n) is 11.5. The molecule has 4 nitrogen and oxygen atoms in total. The molecule has 0 aliphatic heterocycles. The van der Waals surface area contributed by atoms with E-state index in [-0.39, 0.29) is 57.1 Å². The number of Topliss-reactive ketones (excluding diaryl/α,β-unsaturated/α-hetero) is 1. The van der Waals surface area contributed by atoms with Crippen LogP contribution in [0, 0.1) is 56.7 Å². The third-order valence-corrected chi connectivity index (χ3v) is 11.5. The van der Waals surface area contributed by atoms with Gasteiger partial charge in [-0.15, -0.1) is 0 Å². The van der Waals surface area contributed by atoms with Crippen molar-refractivity contribution in [2.45, 2.75) is 92.1 Å². The van der Waals surface area contributed by atoms with Crippen LogP contribution in [-0.4, -0.2) is 22.3 Å². The van der Waals surface area contributed by atoms with Crippen molar-refractivity contribution in [3.63, 3.8) is 0 Å². The van der Waals surface area contributed by atoms with Crippen LogP contribution in [0.5, 0.6) is 0 Å². The van der Waals surface area contributed by atoms with Crippen molar-refractivity contribution >= 4 is 11.6 Å². The molecule has 5 rings (SSSR count). The molecule has 3 fully saturated rings. The Hall–Kier alpha value is -1.73. The second-order valence-electron chi connectivity index (χ2n) is 13.5. The first kappa shape index (κ1) is 23.0. The average Bonchev–Trinajstić information content (AvgIpc) is 2.74. The van der Waals surface area contributed by atoms with Gasteiger partial charge >= 0.3 is 0 Å². The highest BCUT2D eigenvalue weighted by atomic mass is 16.3. The molecule has 0 radical (unpaired) electrons. The van der Waals surface area contributed by atoms with E-state index >= 15 is 0 Å². The van der Waals surface area contributed by atoms with E-state index in [9.17, 15) is 20.0 Å². The van der Waals surface area contributed by atoms with Crippen molar-refractivity contribution in [1.82, 2.24) is 0 Å². The summed E-state index contributed by atoms with van der Waals surface area (Å²) in [5, 5.41) is 21.4. The van der Waals surface area contributed by atoms with Gasteiger partial charge < -0.3 is 5.11 Å². The maximum atomic E-state index is 14.0. The van der Waals surface area contributed by atoms with Gasteiger partial charge in [-0.2, -0.15) is 5.26 Å². The standard InChI is InChI=1S/C29H39NO3/c1-17-19-7-8-27(5)22(26(19,4)14-18(16-30)24(17)32)13-21(31)23-20-15-25(2,3)9-11-29(20,33)12-10-28(23,27)6/h13-14,17,19-20,23,33H,7-12,15H2,1-6H3/t17-,19-,20?,23+,26-,27+,28+,29-/m0/s1. The Morgan fingerprint density at radius 2 is 1.67 bits per heavy atom. The Kier molecular flexibility index (Phi) is 4.67. The maximum Gasteiger partial charge on any atom is 0.176 e. The molecule has 0 aromatic carbocycles. The second-order valence-corrected chi connectivity index (χ2v) is 13.5. The topological polar surface area (TPSA) is 78.2 Å². The Morgan fingerprint density at radius 3 is 2.33 bits per heavy atom. The number of fused-ring (bicyclic) bond motifs is 7. The van der Waals surface area contributed by atoms with Gasteiger partial charge in [0.2, 0.25) is 0 Å². The van der Waals surface area contributed by atoms with Crippen molar-refractivity contribution in [3.8, 4) is 6.07 Å². The maximum absolute atomic E-state index is 14.0. The first-order valence-corrected chi connectivity index (χ1v) is 12.9. The largest absolute Gasteiger partial charge is 0.390 e. The molecule has 1 unspecified atom stereocenters. The Balaban J connectivity index is 1.68. The zero-order valence-electron chi connectivity index (χ0n) is 21.1. The summed E-state index contributed by atoms with van der Waals surface area (Å²) in [4.78, 5) is 26.8. The summed E-state index contributed by atoms with van der Waals surface area (Å²) in [6.45, 7) is 13.3. The normalized spacial score (nSPS) is 50.6. The number of ketones is 2. The number of carbonyl (C=O) groups is 2. The first-order chi connectivity index (χ1) is 15.2. The Bertz CT molecular complexity index is 1050. The van der Waals surface area contributed by atoms with Crippen molar-refractivity contribution < 1.29 is 14.7 Å². The van der Waals surface area contributed by atoms with Crippen LogP contribution in [0.3, 0.4) is 0 Å². The number of aliphatic hydroxyl groups is 1. The number of carbonyl (C=O) groups excluding carboxylic acids is 2. The molecule has 33 heavy (non-hydrogen) atoms. The molecule has 178 valence electrons. The molecule has 5 aliphatic rings. The van der Waals surface area contributed by atoms with Crippen LogP contribution in [0.4, 0.5) is 0 Å². The molecule has 8 atom stereocenters. The number of hydrogen-bond acceptors (Lipinski definition) is 4. The monoisotopic (exact) mass is 449 g/mol. The molecule has 0 heterocycles. The van der Waals surface area contributed by atoms with Gasteiger partial charge in [0, 0.05) is 17.3 Å². The molecule has 0 aromatic rings. The molecular weight excluding hydrogens is 410 g/mol. The number of nitrogens with zero attached hydrogens (tertiary/aromatic N) is 1. The van der Waals surface area contributed by atoms with Gasteiger partial charge in [0.15, 0.2) is 11.6 Å². The van der Waals surface area contributed by atoms with Crippen LogP contribution in [0.2, 0.25) is 0 Å². The zero-order chi connectivity index (χ0) is 24.2. The third kappa shape index (κ3) is 2.78. The number of allylic oxidation sites excluding steroid dienone is 4. The highest BCUT2D eigenvalue weighted by Gasteiger charge is 2.68. The number of rotatable bonds is 0. The van der Waals surface area contributed by atoms with E-state index in [2.05, 4.69) is 40.7 Å². The highest BCUT2D eigenvalue weighted by Crippen LogP contribution is 2.72. The number of nitriles is 1. The van der Waals surface area contributed by atoms with Crippen LogP contribution in [-0.2, 0) is 9.59 Å². The van der Waals surface area contributed by atoms with Crippen molar-refractivity contribution in [2.24, 2.45) is 45.3 Å². The Labute approximate surface area is 198 Å². The lowest BCUT2D eigenvalue weighted by Crippen LogP contribution is -2.65. The van der Waals surface area contributed by atoms with Gasteiger partial charge in [-0.1, -0.05) is 53.2 Å². The lowest BCUT2D eigenvalue weighted by Gasteiger charge is -2.68. The summed E-state index contributed by atoms with van der Waals surface area (Å²) in [7, 11) is 0. The van der Waals surface area contributed by atoms with E-state index < -0.39 is 11.0 Å². The van der Waals surface area contributed by atoms with Gasteiger partial charge in [0.25, 0.3) is 0 Å². The first-order valence-electron chi connectivity index (χ1n) is 12.9. The minimum Gasteiger partial charge on any atom is -0.390 e. The van der Waals surface area contributed by atoms with E-state index in [1.165, 1.54) is 0 Å². The molecule has 0 bridgehead atoms. The molecular formula is C29H39NO3. The van der Waals surface area contributed by atoms with Crippen molar-refractivity contribution in [1.29, 1.82) is 5.26 Å². The summed E-state index contributed by atoms with van der Waals surface area (Å²) in [6.07, 6.45) is 9.93. The van der Waals surface area contributed by atoms with Gasteiger partial charge in [0.1, 0.15) is 6.07 Å². The van der Waals surface area contributed by atoms with E-state index in [0.717, 1.165) is 50.5 Å². The predicted molar refractivity (Wildman–Crippen MR) is 127 cm³/mol. The fraction of sp³-hybridized carbons (Fsp3) is 0.759. The summed E-state index contributed by atoms with van der Waals surface area (Å²) in [5.74, 6) is -0.178. The molecule has 5 aliphatic carbocycles. The van der Waals surface area contributed by atoms with E-state index in [1.54, 1.807) is 0 Å². The summed E-state index contributed by atoms with van der Waals surface area (Å²) >= 11 is 0. The average molecular weight is 450 g/mol. The summed E-state index contributed by atoms with van der Waals surface area (Å²) < 4.78 is 0. The minimum atomic E-state index is -0.738. The SMILES string of the molecule is C[C@@H]1C(=O)C(C#N)=C[C@]2(C)C3=CC(=O)[C@H]4C5CC(C)(C)CC[C@]5(O)CC[C@@]4(C)[C@]3(C)CC[C@@H]12. The molecule has 0 saturated heterocycles. The van der Waals surface area contributed by atoms with Crippen LogP contribution >= 0.6 is 0 Å². The predicted octanol–water partition coefficient (Wildman–Crippen LogP) is 5.56. The molecule has 0 amide bonds. The van der Waals surface area contributed by atoms with Crippen molar-refractivity contribution in [3.05, 3.63) is 23.3 Å².